The number of sulfone groups is 1. The maximum absolute atomic E-state index is 11.5. The fourth-order valence-electron chi connectivity index (χ4n) is 2.93. The second-order valence-electron chi connectivity index (χ2n) is 6.08. The molecule has 0 amide bonds. The lowest BCUT2D eigenvalue weighted by Gasteiger charge is -2.10. The van der Waals surface area contributed by atoms with Crippen molar-refractivity contribution in [3.63, 3.8) is 0 Å². The molecule has 1 aromatic rings. The van der Waals surface area contributed by atoms with Crippen LogP contribution in [-0.4, -0.2) is 29.7 Å². The lowest BCUT2D eigenvalue weighted by Crippen LogP contribution is -2.14. The molecule has 1 fully saturated rings. The first kappa shape index (κ1) is 16.3. The van der Waals surface area contributed by atoms with Gasteiger partial charge in [0, 0.05) is 6.07 Å². The van der Waals surface area contributed by atoms with Crippen molar-refractivity contribution in [3.8, 4) is 0 Å². The lowest BCUT2D eigenvalue weighted by molar-refractivity contribution is 0.499. The number of nitrogen functional groups attached to an aromatic ring is 1. The minimum Gasteiger partial charge on any atom is -0.384 e. The van der Waals surface area contributed by atoms with Crippen LogP contribution in [0.5, 0.6) is 0 Å². The number of hydrogen-bond acceptors (Lipinski definition) is 4. The molecule has 2 N–H and O–H groups in total. The van der Waals surface area contributed by atoms with E-state index in [4.69, 9.17) is 5.73 Å². The first-order valence-corrected chi connectivity index (χ1v) is 9.88. The zero-order chi connectivity index (χ0) is 15.3. The van der Waals surface area contributed by atoms with Gasteiger partial charge in [-0.15, -0.1) is 0 Å². The van der Waals surface area contributed by atoms with E-state index >= 15 is 0 Å². The van der Waals surface area contributed by atoms with Crippen LogP contribution in [0.3, 0.4) is 0 Å². The molecule has 0 saturated carbocycles. The largest absolute Gasteiger partial charge is 0.384 e. The third kappa shape index (κ3) is 4.73. The molecule has 6 heteroatoms. The van der Waals surface area contributed by atoms with Crippen LogP contribution < -0.4 is 5.73 Å². The molecule has 2 heterocycles. The Bertz CT molecular complexity index is 551. The molecule has 1 aliphatic rings. The summed E-state index contributed by atoms with van der Waals surface area (Å²) < 4.78 is 24.8. The molecule has 0 aromatic carbocycles. The Balaban J connectivity index is 1.82. The number of anilines is 1. The Hall–Kier alpha value is -1.04. The number of nitrogens with two attached hydrogens (primary N) is 1. The highest BCUT2D eigenvalue weighted by atomic mass is 32.2. The summed E-state index contributed by atoms with van der Waals surface area (Å²) in [6, 6.07) is 1.82. The lowest BCUT2D eigenvalue weighted by atomic mass is 10.1. The normalized spacial score (nSPS) is 20.9. The molecule has 1 aliphatic heterocycles. The van der Waals surface area contributed by atoms with Gasteiger partial charge in [-0.3, -0.25) is 0 Å². The molecule has 1 aromatic heterocycles. The highest BCUT2D eigenvalue weighted by Gasteiger charge is 2.30. The van der Waals surface area contributed by atoms with Crippen molar-refractivity contribution < 1.29 is 8.42 Å². The van der Waals surface area contributed by atoms with Gasteiger partial charge in [0.1, 0.15) is 5.82 Å². The van der Waals surface area contributed by atoms with Crippen molar-refractivity contribution in [1.29, 1.82) is 0 Å². The van der Waals surface area contributed by atoms with E-state index in [1.807, 2.05) is 6.07 Å². The van der Waals surface area contributed by atoms with Crippen LogP contribution in [0.4, 0.5) is 5.82 Å². The van der Waals surface area contributed by atoms with Crippen molar-refractivity contribution in [1.82, 2.24) is 9.78 Å². The molecule has 0 spiro atoms. The fourth-order valence-corrected chi connectivity index (χ4v) is 4.62. The van der Waals surface area contributed by atoms with Gasteiger partial charge >= 0.3 is 0 Å². The van der Waals surface area contributed by atoms with E-state index in [1.165, 1.54) is 32.1 Å². The predicted octanol–water partition coefficient (Wildman–Crippen LogP) is 2.73. The maximum Gasteiger partial charge on any atom is 0.152 e. The highest BCUT2D eigenvalue weighted by Crippen LogP contribution is 2.26. The molecule has 21 heavy (non-hydrogen) atoms. The average molecular weight is 313 g/mol. The smallest absolute Gasteiger partial charge is 0.152 e. The van der Waals surface area contributed by atoms with E-state index < -0.39 is 9.84 Å². The second kappa shape index (κ2) is 7.29. The third-order valence-corrected chi connectivity index (χ3v) is 5.91. The number of unbranched alkanes of at least 4 members (excludes halogenated alkanes) is 5. The predicted molar refractivity (Wildman–Crippen MR) is 86.0 cm³/mol. The molecule has 1 atom stereocenters. The quantitative estimate of drug-likeness (QED) is 0.749. The zero-order valence-corrected chi connectivity index (χ0v) is 13.7. The van der Waals surface area contributed by atoms with Gasteiger partial charge in [-0.25, -0.2) is 13.1 Å². The Morgan fingerprint density at radius 2 is 2.00 bits per heavy atom. The summed E-state index contributed by atoms with van der Waals surface area (Å²) in [6.07, 6.45) is 9.10. The van der Waals surface area contributed by atoms with Gasteiger partial charge in [0.2, 0.25) is 0 Å². The number of nitrogens with zero attached hydrogens (tertiary/aromatic N) is 2. The Morgan fingerprint density at radius 1 is 1.29 bits per heavy atom. The summed E-state index contributed by atoms with van der Waals surface area (Å²) in [4.78, 5) is 0. The van der Waals surface area contributed by atoms with E-state index in [0.717, 1.165) is 18.5 Å². The fraction of sp³-hybridized carbons (Fsp3) is 0.800. The average Bonchev–Trinajstić information content (AvgIpc) is 2.96. The van der Waals surface area contributed by atoms with Gasteiger partial charge in [-0.05, 0) is 19.3 Å². The highest BCUT2D eigenvalue weighted by molar-refractivity contribution is 7.91. The first-order chi connectivity index (χ1) is 10.0. The van der Waals surface area contributed by atoms with Crippen LogP contribution in [0, 0.1) is 0 Å². The standard InChI is InChI=1S/C15H27N3O2S/c1-2-3-4-5-6-7-8-13-11-15(16)18(17-13)14-9-10-21(19,20)12-14/h11,14H,2-10,12,16H2,1H3. The molecule has 2 rings (SSSR count). The molecule has 120 valence electrons. The van der Waals surface area contributed by atoms with Gasteiger partial charge in [0.05, 0.1) is 23.2 Å². The van der Waals surface area contributed by atoms with Gasteiger partial charge in [0.25, 0.3) is 0 Å². The summed E-state index contributed by atoms with van der Waals surface area (Å²) in [5.41, 5.74) is 6.98. The van der Waals surface area contributed by atoms with Gasteiger partial charge in [-0.1, -0.05) is 39.0 Å². The van der Waals surface area contributed by atoms with Crippen LogP contribution in [-0.2, 0) is 16.3 Å². The molecule has 1 unspecified atom stereocenters. The number of aryl methyl sites for hydroxylation is 1. The SMILES string of the molecule is CCCCCCCCc1cc(N)n(C2CCS(=O)(=O)C2)n1. The van der Waals surface area contributed by atoms with Crippen molar-refractivity contribution in [2.45, 2.75) is 64.3 Å². The van der Waals surface area contributed by atoms with E-state index in [-0.39, 0.29) is 17.5 Å². The Labute approximate surface area is 127 Å². The first-order valence-electron chi connectivity index (χ1n) is 8.06. The molecular weight excluding hydrogens is 286 g/mol. The number of hydrogen-bond donors (Lipinski definition) is 1. The number of aromatic nitrogens is 2. The zero-order valence-electron chi connectivity index (χ0n) is 12.9. The van der Waals surface area contributed by atoms with E-state index in [9.17, 15) is 8.42 Å². The molecule has 1 saturated heterocycles. The van der Waals surface area contributed by atoms with Crippen LogP contribution in [0.25, 0.3) is 0 Å². The topological polar surface area (TPSA) is 78.0 Å². The summed E-state index contributed by atoms with van der Waals surface area (Å²) in [5, 5.41) is 4.52. The number of rotatable bonds is 8. The molecule has 5 nitrogen and oxygen atoms in total. The minimum absolute atomic E-state index is 0.0756. The van der Waals surface area contributed by atoms with E-state index in [0.29, 0.717) is 12.2 Å². The van der Waals surface area contributed by atoms with Crippen LogP contribution in [0.2, 0.25) is 0 Å². The molecule has 0 bridgehead atoms. The summed E-state index contributed by atoms with van der Waals surface area (Å²) in [6.45, 7) is 2.22. The molecule has 0 radical (unpaired) electrons. The van der Waals surface area contributed by atoms with Crippen LogP contribution >= 0.6 is 0 Å². The van der Waals surface area contributed by atoms with Crippen molar-refractivity contribution in [2.24, 2.45) is 0 Å². The van der Waals surface area contributed by atoms with E-state index in [2.05, 4.69) is 12.0 Å². The monoisotopic (exact) mass is 313 g/mol. The van der Waals surface area contributed by atoms with Crippen LogP contribution in [0.15, 0.2) is 6.07 Å². The Morgan fingerprint density at radius 3 is 2.67 bits per heavy atom. The van der Waals surface area contributed by atoms with Gasteiger partial charge in [-0.2, -0.15) is 5.10 Å². The summed E-state index contributed by atoms with van der Waals surface area (Å²) in [5.74, 6) is 1.03. The van der Waals surface area contributed by atoms with Gasteiger partial charge in [0.15, 0.2) is 9.84 Å². The van der Waals surface area contributed by atoms with Crippen molar-refractivity contribution >= 4 is 15.7 Å². The minimum atomic E-state index is -2.90. The molecule has 0 aliphatic carbocycles. The molecular formula is C15H27N3O2S. The summed E-state index contributed by atoms with van der Waals surface area (Å²) >= 11 is 0. The van der Waals surface area contributed by atoms with Crippen molar-refractivity contribution in [2.75, 3.05) is 17.2 Å². The maximum atomic E-state index is 11.5. The van der Waals surface area contributed by atoms with Crippen molar-refractivity contribution in [3.05, 3.63) is 11.8 Å². The summed E-state index contributed by atoms with van der Waals surface area (Å²) in [7, 11) is -2.90. The van der Waals surface area contributed by atoms with Crippen LogP contribution in [0.1, 0.15) is 63.6 Å². The van der Waals surface area contributed by atoms with Gasteiger partial charge < -0.3 is 5.73 Å². The third-order valence-electron chi connectivity index (χ3n) is 4.16. The second-order valence-corrected chi connectivity index (χ2v) is 8.31. The van der Waals surface area contributed by atoms with E-state index in [1.54, 1.807) is 4.68 Å². The Kier molecular flexibility index (Phi) is 5.67.